The normalized spacial score (nSPS) is 11.4. The summed E-state index contributed by atoms with van der Waals surface area (Å²) in [6.07, 6.45) is 3.78. The molecule has 0 radical (unpaired) electrons. The molecule has 0 aliphatic heterocycles. The van der Waals surface area contributed by atoms with Crippen LogP contribution in [0.25, 0.3) is 17.0 Å². The summed E-state index contributed by atoms with van der Waals surface area (Å²) in [4.78, 5) is 13.5. The highest BCUT2D eigenvalue weighted by Crippen LogP contribution is 2.29. The molecule has 1 atom stereocenters. The molecule has 46 heavy (non-hydrogen) atoms. The van der Waals surface area contributed by atoms with Crippen LogP contribution in [0.15, 0.2) is 78.4 Å². The fraction of sp³-hybridized carbons (Fsp3) is 0.382. The predicted molar refractivity (Wildman–Crippen MR) is 183 cm³/mol. The Balaban J connectivity index is 0.00000201. The molecule has 3 rings (SSSR count). The van der Waals surface area contributed by atoms with Crippen LogP contribution in [0, 0.1) is 5.82 Å². The number of carbonyl (C=O) groups excluding carboxylic acids is 1. The second-order valence-electron chi connectivity index (χ2n) is 10.7. The second-order valence-corrected chi connectivity index (χ2v) is 10.7. The molecule has 0 fully saturated rings. The zero-order valence-corrected chi connectivity index (χ0v) is 28.6. The number of methoxy groups -OCH3 is 1. The molecule has 0 saturated heterocycles. The third kappa shape index (κ3) is 13.9. The van der Waals surface area contributed by atoms with E-state index in [2.05, 4.69) is 51.8 Å². The van der Waals surface area contributed by atoms with Gasteiger partial charge in [-0.25, -0.2) is 9.64 Å². The minimum atomic E-state index is -0.424. The number of rotatable bonds is 13. The van der Waals surface area contributed by atoms with E-state index in [4.69, 9.17) is 23.5 Å². The lowest BCUT2D eigenvalue weighted by Crippen LogP contribution is -2.25. The summed E-state index contributed by atoms with van der Waals surface area (Å²) in [7, 11) is 1.62. The van der Waals surface area contributed by atoms with E-state index in [1.165, 1.54) is 12.3 Å². The highest BCUT2D eigenvalue weighted by molar-refractivity contribution is 6.11. The Morgan fingerprint density at radius 2 is 1.76 bits per heavy atom. The molecule has 0 bridgehead atoms. The van der Waals surface area contributed by atoms with Crippen LogP contribution in [-0.4, -0.2) is 42.8 Å². The molecule has 12 heteroatoms. The van der Waals surface area contributed by atoms with Crippen molar-refractivity contribution in [3.05, 3.63) is 96.7 Å². The van der Waals surface area contributed by atoms with Crippen LogP contribution in [0.3, 0.4) is 0 Å². The van der Waals surface area contributed by atoms with Crippen molar-refractivity contribution >= 4 is 23.6 Å². The van der Waals surface area contributed by atoms with E-state index in [1.807, 2.05) is 71.9 Å². The van der Waals surface area contributed by atoms with Crippen LogP contribution in [0.4, 0.5) is 4.39 Å². The van der Waals surface area contributed by atoms with Gasteiger partial charge in [0.1, 0.15) is 23.6 Å². The Morgan fingerprint density at radius 1 is 1.17 bits per heavy atom. The molecule has 0 spiro atoms. The zero-order chi connectivity index (χ0) is 35.3. The number of nitrogens with zero attached hydrogens (tertiary/aromatic N) is 2. The van der Waals surface area contributed by atoms with E-state index < -0.39 is 5.41 Å². The number of benzene rings is 2. The lowest BCUT2D eigenvalue weighted by Gasteiger charge is -2.25. The van der Waals surface area contributed by atoms with Gasteiger partial charge in [0.2, 0.25) is 11.7 Å². The van der Waals surface area contributed by atoms with E-state index in [1.54, 1.807) is 19.4 Å². The summed E-state index contributed by atoms with van der Waals surface area (Å²) in [6.45, 7) is 19.5. The van der Waals surface area contributed by atoms with Crippen LogP contribution in [0.2, 0.25) is 0 Å². The third-order valence-corrected chi connectivity index (χ3v) is 6.20. The van der Waals surface area contributed by atoms with Crippen LogP contribution in [0.1, 0.15) is 70.9 Å². The highest BCUT2D eigenvalue weighted by atomic mass is 35.5. The van der Waals surface area contributed by atoms with Crippen molar-refractivity contribution in [3.8, 4) is 17.1 Å². The first kappa shape index (κ1) is 42.0. The van der Waals surface area contributed by atoms with Crippen molar-refractivity contribution in [2.45, 2.75) is 65.4 Å². The maximum absolute atomic E-state index is 14.9. The van der Waals surface area contributed by atoms with Crippen LogP contribution in [-0.2, 0) is 19.7 Å². The molecule has 1 aromatic heterocycles. The van der Waals surface area contributed by atoms with Crippen molar-refractivity contribution in [1.29, 1.82) is 0 Å². The lowest BCUT2D eigenvalue weighted by molar-refractivity contribution is -0.106. The van der Waals surface area contributed by atoms with Crippen molar-refractivity contribution in [3.63, 3.8) is 0 Å². The number of hydrogen-bond donors (Lipinski definition) is 3. The number of carbonyl (C=O) groups is 1. The van der Waals surface area contributed by atoms with Gasteiger partial charge in [-0.15, -0.1) is 0 Å². The number of aldehydes is 1. The van der Waals surface area contributed by atoms with Gasteiger partial charge in [-0.2, -0.15) is 4.98 Å². The number of nitrogens with two attached hydrogens (primary N) is 3. The minimum absolute atomic E-state index is 0.139. The Labute approximate surface area is 277 Å². The standard InChI is InChI=1S/C30H37FN2O4.C2H5NO.C2H5N.ClH2N/c1-9-27(36-24-13-10-22(11-14-24)28-32-29(19(2)3)37-33-28)21(5)35-17-20(4)23-12-15-25(26(31)16-23)30(6,7)18-34-8;3-1-2-4;1-2-3;1-2/h10-17,19,27H,5,9,18H2,1-4,6-8H3;2H,1,3H2;2H,1,3H2;2H2/b20-17+;;;. The van der Waals surface area contributed by atoms with Gasteiger partial charge in [0.25, 0.3) is 0 Å². The Kier molecular flexibility index (Phi) is 20.5. The van der Waals surface area contributed by atoms with Gasteiger partial charge in [0.05, 0.1) is 12.9 Å². The molecular weight excluding hydrogens is 613 g/mol. The summed E-state index contributed by atoms with van der Waals surface area (Å²) in [5.41, 5.74) is 11.8. The van der Waals surface area contributed by atoms with E-state index >= 15 is 0 Å². The molecule has 254 valence electrons. The van der Waals surface area contributed by atoms with E-state index in [0.717, 1.165) is 16.7 Å². The molecule has 0 aliphatic carbocycles. The molecule has 1 unspecified atom stereocenters. The van der Waals surface area contributed by atoms with Gasteiger partial charge >= 0.3 is 0 Å². The van der Waals surface area contributed by atoms with Crippen molar-refractivity contribution in [1.82, 2.24) is 10.1 Å². The molecule has 0 aliphatic rings. The second kappa shape index (κ2) is 22.5. The Hall–Kier alpha value is -4.03. The predicted octanol–water partition coefficient (Wildman–Crippen LogP) is 7.00. The van der Waals surface area contributed by atoms with Gasteiger partial charge < -0.3 is 35.0 Å². The molecular formula is C34H49ClFN5O5. The minimum Gasteiger partial charge on any atom is -0.483 e. The average molecular weight is 662 g/mol. The van der Waals surface area contributed by atoms with Crippen molar-refractivity contribution < 1.29 is 27.9 Å². The fourth-order valence-electron chi connectivity index (χ4n) is 3.87. The molecule has 3 aromatic rings. The number of halogens is 2. The first-order valence-corrected chi connectivity index (χ1v) is 14.9. The SMILES string of the molecule is C=C(O/C=C(\C)c1ccc(C(C)(C)COC)c(F)c1)C(CC)Oc1ccc(-c2noc(C(C)C)n2)cc1.C=CN.NCC=O.NCl. The third-order valence-electron chi connectivity index (χ3n) is 6.20. The van der Waals surface area contributed by atoms with Gasteiger partial charge in [-0.3, -0.25) is 0 Å². The maximum atomic E-state index is 14.9. The molecule has 2 aromatic carbocycles. The first-order chi connectivity index (χ1) is 21.9. The first-order valence-electron chi connectivity index (χ1n) is 14.5. The van der Waals surface area contributed by atoms with Crippen LogP contribution < -0.4 is 21.5 Å². The smallest absolute Gasteiger partial charge is 0.229 e. The number of hydrogen-bond acceptors (Lipinski definition) is 10. The Bertz CT molecular complexity index is 1360. The number of allylic oxidation sites excluding steroid dienone is 1. The zero-order valence-electron chi connectivity index (χ0n) is 27.9. The lowest BCUT2D eigenvalue weighted by atomic mass is 9.84. The fourth-order valence-corrected chi connectivity index (χ4v) is 3.87. The summed E-state index contributed by atoms with van der Waals surface area (Å²) in [6, 6.07) is 12.7. The number of ether oxygens (including phenoxy) is 3. The van der Waals surface area contributed by atoms with E-state index in [0.29, 0.717) is 48.1 Å². The quantitative estimate of drug-likeness (QED) is 0.0987. The van der Waals surface area contributed by atoms with Gasteiger partial charge in [-0.05, 0) is 78.4 Å². The Morgan fingerprint density at radius 3 is 2.22 bits per heavy atom. The molecule has 0 amide bonds. The van der Waals surface area contributed by atoms with E-state index in [9.17, 15) is 4.39 Å². The summed E-state index contributed by atoms with van der Waals surface area (Å²) < 4.78 is 37.3. The molecule has 10 nitrogen and oxygen atoms in total. The average Bonchev–Trinajstić information content (AvgIpc) is 3.55. The van der Waals surface area contributed by atoms with Crippen LogP contribution >= 0.6 is 11.8 Å². The summed E-state index contributed by atoms with van der Waals surface area (Å²) in [5.74, 6) is 2.18. The summed E-state index contributed by atoms with van der Waals surface area (Å²) in [5, 5.41) is 8.01. The topological polar surface area (TPSA) is 162 Å². The van der Waals surface area contributed by atoms with Crippen molar-refractivity contribution in [2.24, 2.45) is 16.7 Å². The van der Waals surface area contributed by atoms with Crippen LogP contribution in [0.5, 0.6) is 5.75 Å². The highest BCUT2D eigenvalue weighted by Gasteiger charge is 2.24. The molecule has 6 N–H and O–H groups in total. The van der Waals surface area contributed by atoms with Gasteiger partial charge in [-0.1, -0.05) is 65.1 Å². The monoisotopic (exact) mass is 661 g/mol. The maximum Gasteiger partial charge on any atom is 0.229 e. The van der Waals surface area contributed by atoms with Gasteiger partial charge in [0.15, 0.2) is 6.10 Å². The van der Waals surface area contributed by atoms with Crippen molar-refractivity contribution in [2.75, 3.05) is 20.3 Å². The summed E-state index contributed by atoms with van der Waals surface area (Å²) >= 11 is 4.14. The molecule has 0 saturated carbocycles. The largest absolute Gasteiger partial charge is 0.483 e. The number of aromatic nitrogens is 2. The van der Waals surface area contributed by atoms with Gasteiger partial charge in [0, 0.05) is 30.6 Å². The van der Waals surface area contributed by atoms with E-state index in [-0.39, 0.29) is 24.4 Å². The molecule has 1 heterocycles.